The summed E-state index contributed by atoms with van der Waals surface area (Å²) in [5, 5.41) is 7.45. The van der Waals surface area contributed by atoms with Gasteiger partial charge in [0, 0.05) is 32.6 Å². The van der Waals surface area contributed by atoms with E-state index in [1.54, 1.807) is 39.7 Å². The zero-order chi connectivity index (χ0) is 19.6. The first-order valence-electron chi connectivity index (χ1n) is 8.13. The molecule has 2 heterocycles. The molecule has 0 radical (unpaired) electrons. The molecule has 0 saturated carbocycles. The molecule has 3 aromatic rings. The summed E-state index contributed by atoms with van der Waals surface area (Å²) < 4.78 is 14.4. The van der Waals surface area contributed by atoms with E-state index in [1.807, 2.05) is 29.9 Å². The summed E-state index contributed by atoms with van der Waals surface area (Å²) in [6.45, 7) is 0. The number of ether oxygens (including phenoxy) is 2. The third-order valence-electron chi connectivity index (χ3n) is 4.20. The van der Waals surface area contributed by atoms with Crippen LogP contribution in [0.1, 0.15) is 17.4 Å². The third kappa shape index (κ3) is 3.82. The minimum Gasteiger partial charge on any atom is -0.497 e. The number of hydrogen-bond acceptors (Lipinski definition) is 6. The van der Waals surface area contributed by atoms with Crippen LogP contribution in [0, 0.1) is 0 Å². The second-order valence-electron chi connectivity index (χ2n) is 5.92. The Morgan fingerprint density at radius 3 is 2.37 bits per heavy atom. The van der Waals surface area contributed by atoms with Gasteiger partial charge in [0.25, 0.3) is 5.56 Å². The van der Waals surface area contributed by atoms with Crippen LogP contribution >= 0.6 is 15.9 Å². The Bertz CT molecular complexity index is 992. The molecule has 0 aliphatic carbocycles. The molecule has 3 rings (SSSR count). The Balaban J connectivity index is 2.13. The second-order valence-corrected chi connectivity index (χ2v) is 6.71. The van der Waals surface area contributed by atoms with Crippen LogP contribution in [0.25, 0.3) is 0 Å². The molecule has 1 atom stereocenters. The van der Waals surface area contributed by atoms with E-state index >= 15 is 0 Å². The van der Waals surface area contributed by atoms with Crippen LogP contribution in [0.5, 0.6) is 11.5 Å². The number of aryl methyl sites for hydroxylation is 2. The first-order chi connectivity index (χ1) is 12.9. The van der Waals surface area contributed by atoms with Gasteiger partial charge >= 0.3 is 0 Å². The number of halogens is 1. The van der Waals surface area contributed by atoms with E-state index in [0.29, 0.717) is 21.7 Å². The van der Waals surface area contributed by atoms with Gasteiger partial charge in [0.2, 0.25) is 0 Å². The Kier molecular flexibility index (Phi) is 5.50. The van der Waals surface area contributed by atoms with Crippen LogP contribution < -0.4 is 20.3 Å². The highest BCUT2D eigenvalue weighted by atomic mass is 79.9. The first-order valence-corrected chi connectivity index (χ1v) is 8.92. The van der Waals surface area contributed by atoms with Gasteiger partial charge in [-0.3, -0.25) is 4.79 Å². The largest absolute Gasteiger partial charge is 0.497 e. The van der Waals surface area contributed by atoms with Crippen molar-refractivity contribution >= 4 is 21.6 Å². The quantitative estimate of drug-likeness (QED) is 0.642. The summed E-state index contributed by atoms with van der Waals surface area (Å²) in [6.07, 6.45) is 5.18. The van der Waals surface area contributed by atoms with E-state index in [0.717, 1.165) is 11.4 Å². The Morgan fingerprint density at radius 1 is 1.15 bits per heavy atom. The van der Waals surface area contributed by atoms with Crippen molar-refractivity contribution in [2.24, 2.45) is 14.1 Å². The van der Waals surface area contributed by atoms with Crippen molar-refractivity contribution in [2.45, 2.75) is 6.04 Å². The Morgan fingerprint density at radius 2 is 1.81 bits per heavy atom. The number of nitrogens with one attached hydrogen (secondary N) is 1. The molecule has 0 aliphatic heterocycles. The fourth-order valence-corrected chi connectivity index (χ4v) is 3.19. The highest BCUT2D eigenvalue weighted by Gasteiger charge is 2.22. The molecule has 1 N–H and O–H groups in total. The van der Waals surface area contributed by atoms with Gasteiger partial charge in [-0.15, -0.1) is 0 Å². The molecule has 142 valence electrons. The van der Waals surface area contributed by atoms with Crippen molar-refractivity contribution in [3.05, 3.63) is 63.0 Å². The van der Waals surface area contributed by atoms with Gasteiger partial charge in [-0.05, 0) is 33.6 Å². The summed E-state index contributed by atoms with van der Waals surface area (Å²) in [5.74, 6) is 2.08. The van der Waals surface area contributed by atoms with Crippen molar-refractivity contribution in [2.75, 3.05) is 19.5 Å². The number of hydrogen-bond donors (Lipinski definition) is 1. The molecule has 9 heteroatoms. The van der Waals surface area contributed by atoms with Crippen molar-refractivity contribution in [3.63, 3.8) is 0 Å². The minimum absolute atomic E-state index is 0.234. The van der Waals surface area contributed by atoms with Crippen LogP contribution in [0.3, 0.4) is 0 Å². The molecule has 0 spiro atoms. The van der Waals surface area contributed by atoms with Crippen LogP contribution in [-0.4, -0.2) is 33.6 Å². The number of benzene rings is 1. The Hall–Kier alpha value is -2.81. The lowest BCUT2D eigenvalue weighted by Crippen LogP contribution is -2.23. The minimum atomic E-state index is -0.362. The van der Waals surface area contributed by atoms with E-state index in [-0.39, 0.29) is 11.6 Å². The monoisotopic (exact) mass is 433 g/mol. The fraction of sp³-hybridized carbons (Fsp3) is 0.278. The molecule has 0 bridgehead atoms. The van der Waals surface area contributed by atoms with Crippen LogP contribution in [0.4, 0.5) is 5.69 Å². The van der Waals surface area contributed by atoms with Crippen LogP contribution in [0.15, 0.2) is 46.1 Å². The maximum atomic E-state index is 12.2. The first kappa shape index (κ1) is 19.0. The number of anilines is 1. The summed E-state index contributed by atoms with van der Waals surface area (Å²) in [4.78, 5) is 16.7. The van der Waals surface area contributed by atoms with Gasteiger partial charge in [0.15, 0.2) is 0 Å². The lowest BCUT2D eigenvalue weighted by molar-refractivity contribution is 0.393. The SMILES string of the molecule is COc1cc(OC)cc(C(Nc2cnn(C)c(=O)c2Br)c2nccn2C)c1. The smallest absolute Gasteiger partial charge is 0.282 e. The predicted molar refractivity (Wildman–Crippen MR) is 105 cm³/mol. The van der Waals surface area contributed by atoms with Crippen molar-refractivity contribution in [1.29, 1.82) is 0 Å². The van der Waals surface area contributed by atoms with Crippen molar-refractivity contribution < 1.29 is 9.47 Å². The van der Waals surface area contributed by atoms with E-state index in [9.17, 15) is 4.79 Å². The average molecular weight is 434 g/mol. The lowest BCUT2D eigenvalue weighted by Gasteiger charge is -2.22. The topological polar surface area (TPSA) is 83.2 Å². The molecule has 8 nitrogen and oxygen atoms in total. The summed E-state index contributed by atoms with van der Waals surface area (Å²) in [5.41, 5.74) is 1.20. The molecule has 27 heavy (non-hydrogen) atoms. The normalized spacial score (nSPS) is 11.9. The summed E-state index contributed by atoms with van der Waals surface area (Å²) in [6, 6.07) is 5.24. The highest BCUT2D eigenvalue weighted by Crippen LogP contribution is 2.32. The fourth-order valence-electron chi connectivity index (χ4n) is 2.72. The van der Waals surface area contributed by atoms with E-state index in [1.165, 1.54) is 4.68 Å². The van der Waals surface area contributed by atoms with Gasteiger partial charge in [-0.1, -0.05) is 0 Å². The van der Waals surface area contributed by atoms with Crippen molar-refractivity contribution in [3.8, 4) is 11.5 Å². The third-order valence-corrected chi connectivity index (χ3v) is 4.97. The molecule has 0 saturated heterocycles. The number of aromatic nitrogens is 4. The highest BCUT2D eigenvalue weighted by molar-refractivity contribution is 9.10. The average Bonchev–Trinajstić information content (AvgIpc) is 3.10. The molecule has 1 unspecified atom stereocenters. The molecule has 2 aromatic heterocycles. The zero-order valence-corrected chi connectivity index (χ0v) is 17.0. The number of imidazole rings is 1. The molecular weight excluding hydrogens is 414 g/mol. The van der Waals surface area contributed by atoms with Gasteiger partial charge in [-0.2, -0.15) is 5.10 Å². The van der Waals surface area contributed by atoms with E-state index in [2.05, 4.69) is 31.3 Å². The molecule has 1 aromatic carbocycles. The summed E-state index contributed by atoms with van der Waals surface area (Å²) >= 11 is 3.36. The zero-order valence-electron chi connectivity index (χ0n) is 15.4. The molecule has 0 amide bonds. The molecule has 0 aliphatic rings. The van der Waals surface area contributed by atoms with E-state index in [4.69, 9.17) is 9.47 Å². The molecule has 0 fully saturated rings. The molecular formula is C18H20BrN5O3. The van der Waals surface area contributed by atoms with E-state index < -0.39 is 0 Å². The lowest BCUT2D eigenvalue weighted by atomic mass is 10.0. The standard InChI is InChI=1S/C18H20BrN5O3/c1-23-6-5-20-17(23)16(11-7-12(26-3)9-13(8-11)27-4)22-14-10-21-24(2)18(25)15(14)19/h5-10,16,22H,1-4H3. The van der Waals surface area contributed by atoms with Crippen LogP contribution in [0.2, 0.25) is 0 Å². The predicted octanol–water partition coefficient (Wildman–Crippen LogP) is 2.50. The van der Waals surface area contributed by atoms with Gasteiger partial charge < -0.3 is 19.4 Å². The van der Waals surface area contributed by atoms with Crippen LogP contribution in [-0.2, 0) is 14.1 Å². The number of rotatable bonds is 6. The van der Waals surface area contributed by atoms with Gasteiger partial charge in [-0.25, -0.2) is 9.67 Å². The van der Waals surface area contributed by atoms with Crippen molar-refractivity contribution in [1.82, 2.24) is 19.3 Å². The van der Waals surface area contributed by atoms with Gasteiger partial charge in [0.05, 0.1) is 26.1 Å². The maximum Gasteiger partial charge on any atom is 0.282 e. The Labute approximate surface area is 164 Å². The number of methoxy groups -OCH3 is 2. The van der Waals surface area contributed by atoms with Gasteiger partial charge in [0.1, 0.15) is 27.8 Å². The second kappa shape index (κ2) is 7.83. The summed E-state index contributed by atoms with van der Waals surface area (Å²) in [7, 11) is 6.71. The number of nitrogens with zero attached hydrogens (tertiary/aromatic N) is 4. The maximum absolute atomic E-state index is 12.2.